The molecule has 0 spiro atoms. The summed E-state index contributed by atoms with van der Waals surface area (Å²) in [7, 11) is 0. The summed E-state index contributed by atoms with van der Waals surface area (Å²) in [6, 6.07) is 14.0. The van der Waals surface area contributed by atoms with Crippen molar-refractivity contribution in [1.82, 2.24) is 9.55 Å². The van der Waals surface area contributed by atoms with E-state index in [1.165, 1.54) is 12.1 Å². The molecule has 0 saturated carbocycles. The van der Waals surface area contributed by atoms with Gasteiger partial charge in [-0.25, -0.2) is 9.37 Å². The SMILES string of the molecule is Fc1ccc(N=Cc2ccc(-n3ccnc3)cc2)cc1. The highest BCUT2D eigenvalue weighted by Gasteiger charge is 1.95. The molecule has 98 valence electrons. The molecule has 0 radical (unpaired) electrons. The largest absolute Gasteiger partial charge is 0.306 e. The number of hydrogen-bond acceptors (Lipinski definition) is 2. The molecule has 0 amide bonds. The Morgan fingerprint density at radius 1 is 1.00 bits per heavy atom. The monoisotopic (exact) mass is 265 g/mol. The summed E-state index contributed by atoms with van der Waals surface area (Å²) < 4.78 is 14.7. The number of aliphatic imine (C=N–C) groups is 1. The summed E-state index contributed by atoms with van der Waals surface area (Å²) in [5.74, 6) is -0.256. The second kappa shape index (κ2) is 5.48. The van der Waals surface area contributed by atoms with Crippen LogP contribution in [0.1, 0.15) is 5.56 Å². The van der Waals surface area contributed by atoms with E-state index in [-0.39, 0.29) is 5.82 Å². The highest BCUT2D eigenvalue weighted by atomic mass is 19.1. The lowest BCUT2D eigenvalue weighted by atomic mass is 10.2. The van der Waals surface area contributed by atoms with Crippen LogP contribution in [0.15, 0.2) is 72.2 Å². The fourth-order valence-electron chi connectivity index (χ4n) is 1.82. The van der Waals surface area contributed by atoms with Gasteiger partial charge in [-0.15, -0.1) is 0 Å². The molecule has 3 aromatic rings. The molecule has 0 aliphatic rings. The molecule has 20 heavy (non-hydrogen) atoms. The maximum Gasteiger partial charge on any atom is 0.123 e. The smallest absolute Gasteiger partial charge is 0.123 e. The summed E-state index contributed by atoms with van der Waals surface area (Å²) in [5, 5.41) is 0. The molecular weight excluding hydrogens is 253 g/mol. The topological polar surface area (TPSA) is 30.2 Å². The summed E-state index contributed by atoms with van der Waals surface area (Å²) in [4.78, 5) is 8.31. The van der Waals surface area contributed by atoms with Crippen molar-refractivity contribution in [2.75, 3.05) is 0 Å². The third kappa shape index (κ3) is 2.80. The van der Waals surface area contributed by atoms with Gasteiger partial charge in [0.05, 0.1) is 12.0 Å². The summed E-state index contributed by atoms with van der Waals surface area (Å²) in [6.45, 7) is 0. The van der Waals surface area contributed by atoms with Crippen LogP contribution in [0.3, 0.4) is 0 Å². The molecular formula is C16H12FN3. The molecule has 0 bridgehead atoms. The van der Waals surface area contributed by atoms with Gasteiger partial charge in [-0.1, -0.05) is 12.1 Å². The van der Waals surface area contributed by atoms with Crippen LogP contribution >= 0.6 is 0 Å². The lowest BCUT2D eigenvalue weighted by Crippen LogP contribution is -1.90. The fourth-order valence-corrected chi connectivity index (χ4v) is 1.82. The van der Waals surface area contributed by atoms with Gasteiger partial charge in [-0.05, 0) is 42.0 Å². The summed E-state index contributed by atoms with van der Waals surface area (Å²) >= 11 is 0. The van der Waals surface area contributed by atoms with Gasteiger partial charge in [-0.3, -0.25) is 4.99 Å². The van der Waals surface area contributed by atoms with E-state index in [9.17, 15) is 4.39 Å². The van der Waals surface area contributed by atoms with Crippen LogP contribution in [-0.2, 0) is 0 Å². The molecule has 0 aliphatic carbocycles. The molecule has 0 fully saturated rings. The third-order valence-corrected chi connectivity index (χ3v) is 2.88. The van der Waals surface area contributed by atoms with Crippen molar-refractivity contribution in [3.8, 4) is 5.69 Å². The van der Waals surface area contributed by atoms with E-state index in [1.54, 1.807) is 30.9 Å². The number of aromatic nitrogens is 2. The number of imidazole rings is 1. The first kappa shape index (κ1) is 12.3. The molecule has 0 saturated heterocycles. The molecule has 4 heteroatoms. The Bertz CT molecular complexity index is 698. The zero-order chi connectivity index (χ0) is 13.8. The van der Waals surface area contributed by atoms with E-state index in [0.717, 1.165) is 16.9 Å². The second-order valence-corrected chi connectivity index (χ2v) is 4.30. The van der Waals surface area contributed by atoms with Crippen molar-refractivity contribution in [2.24, 2.45) is 4.99 Å². The normalized spacial score (nSPS) is 11.1. The highest BCUT2D eigenvalue weighted by Crippen LogP contribution is 2.13. The van der Waals surface area contributed by atoms with E-state index in [4.69, 9.17) is 0 Å². The van der Waals surface area contributed by atoms with Gasteiger partial charge in [0.1, 0.15) is 5.82 Å². The van der Waals surface area contributed by atoms with E-state index < -0.39 is 0 Å². The van der Waals surface area contributed by atoms with Crippen molar-refractivity contribution in [1.29, 1.82) is 0 Å². The van der Waals surface area contributed by atoms with Gasteiger partial charge in [-0.2, -0.15) is 0 Å². The van der Waals surface area contributed by atoms with Gasteiger partial charge < -0.3 is 4.57 Å². The van der Waals surface area contributed by atoms with Crippen molar-refractivity contribution in [3.05, 3.63) is 78.6 Å². The number of rotatable bonds is 3. The van der Waals surface area contributed by atoms with Crippen LogP contribution in [0.25, 0.3) is 5.69 Å². The Hall–Kier alpha value is -2.75. The van der Waals surface area contributed by atoms with Crippen molar-refractivity contribution in [2.45, 2.75) is 0 Å². The number of nitrogens with zero attached hydrogens (tertiary/aromatic N) is 3. The summed E-state index contributed by atoms with van der Waals surface area (Å²) in [5.41, 5.74) is 2.75. The number of halogens is 1. The van der Waals surface area contributed by atoms with Gasteiger partial charge in [0.2, 0.25) is 0 Å². The van der Waals surface area contributed by atoms with Gasteiger partial charge in [0, 0.05) is 24.3 Å². The van der Waals surface area contributed by atoms with Crippen molar-refractivity contribution >= 4 is 11.9 Å². The maximum absolute atomic E-state index is 12.8. The zero-order valence-electron chi connectivity index (χ0n) is 10.6. The minimum Gasteiger partial charge on any atom is -0.306 e. The Labute approximate surface area is 116 Å². The third-order valence-electron chi connectivity index (χ3n) is 2.88. The number of hydrogen-bond donors (Lipinski definition) is 0. The van der Waals surface area contributed by atoms with E-state index >= 15 is 0 Å². The van der Waals surface area contributed by atoms with Crippen LogP contribution in [0, 0.1) is 5.82 Å². The Kier molecular flexibility index (Phi) is 3.37. The molecule has 1 aromatic heterocycles. The van der Waals surface area contributed by atoms with E-state index in [2.05, 4.69) is 9.98 Å². The molecule has 2 aromatic carbocycles. The molecule has 0 unspecified atom stereocenters. The van der Waals surface area contributed by atoms with Crippen LogP contribution in [0.4, 0.5) is 10.1 Å². The van der Waals surface area contributed by atoms with Crippen molar-refractivity contribution in [3.63, 3.8) is 0 Å². The van der Waals surface area contributed by atoms with E-state index in [0.29, 0.717) is 0 Å². The molecule has 3 nitrogen and oxygen atoms in total. The minimum absolute atomic E-state index is 0.256. The van der Waals surface area contributed by atoms with Gasteiger partial charge >= 0.3 is 0 Å². The van der Waals surface area contributed by atoms with Crippen LogP contribution in [-0.4, -0.2) is 15.8 Å². The first-order chi connectivity index (χ1) is 9.81. The molecule has 0 aliphatic heterocycles. The first-order valence-corrected chi connectivity index (χ1v) is 6.19. The van der Waals surface area contributed by atoms with Gasteiger partial charge in [0.25, 0.3) is 0 Å². The van der Waals surface area contributed by atoms with E-state index in [1.807, 2.05) is 35.0 Å². The number of benzene rings is 2. The minimum atomic E-state index is -0.256. The maximum atomic E-state index is 12.8. The quantitative estimate of drug-likeness (QED) is 0.663. The van der Waals surface area contributed by atoms with Gasteiger partial charge in [0.15, 0.2) is 0 Å². The average Bonchev–Trinajstić information content (AvgIpc) is 3.01. The summed E-state index contributed by atoms with van der Waals surface area (Å²) in [6.07, 6.45) is 7.14. The molecule has 3 rings (SSSR count). The second-order valence-electron chi connectivity index (χ2n) is 4.30. The first-order valence-electron chi connectivity index (χ1n) is 6.19. The van der Waals surface area contributed by atoms with Crippen LogP contribution < -0.4 is 0 Å². The lowest BCUT2D eigenvalue weighted by Gasteiger charge is -2.01. The van der Waals surface area contributed by atoms with Crippen LogP contribution in [0.5, 0.6) is 0 Å². The Balaban J connectivity index is 1.76. The lowest BCUT2D eigenvalue weighted by molar-refractivity contribution is 0.628. The molecule has 1 heterocycles. The predicted molar refractivity (Wildman–Crippen MR) is 77.2 cm³/mol. The standard InChI is InChI=1S/C16H12FN3/c17-14-3-5-15(6-4-14)19-11-13-1-7-16(8-2-13)20-10-9-18-12-20/h1-12H. The molecule has 0 atom stereocenters. The fraction of sp³-hybridized carbons (Fsp3) is 0. The zero-order valence-corrected chi connectivity index (χ0v) is 10.6. The average molecular weight is 265 g/mol. The van der Waals surface area contributed by atoms with Crippen LogP contribution in [0.2, 0.25) is 0 Å². The molecule has 0 N–H and O–H groups in total. The predicted octanol–water partition coefficient (Wildman–Crippen LogP) is 3.76. The Morgan fingerprint density at radius 3 is 2.40 bits per heavy atom. The highest BCUT2D eigenvalue weighted by molar-refractivity contribution is 5.82. The Morgan fingerprint density at radius 2 is 1.75 bits per heavy atom. The van der Waals surface area contributed by atoms with Crippen molar-refractivity contribution < 1.29 is 4.39 Å².